The highest BCUT2D eigenvalue weighted by atomic mass is 14.9. The number of hydrogen-bond donors (Lipinski definition) is 2. The van der Waals surface area contributed by atoms with Crippen molar-refractivity contribution in [1.29, 1.82) is 0 Å². The van der Waals surface area contributed by atoms with Crippen LogP contribution in [-0.4, -0.2) is 13.1 Å². The first-order valence-electron chi connectivity index (χ1n) is 6.49. The maximum atomic E-state index is 5.72. The Labute approximate surface area is 109 Å². The topological polar surface area (TPSA) is 38.0 Å². The zero-order valence-corrected chi connectivity index (χ0v) is 11.2. The molecule has 2 rings (SSSR count). The fraction of sp³-hybridized carbons (Fsp3) is 0.375. The molecular formula is C16H22N2. The number of benzene rings is 2. The van der Waals surface area contributed by atoms with E-state index in [9.17, 15) is 0 Å². The van der Waals surface area contributed by atoms with Gasteiger partial charge in [-0.15, -0.1) is 0 Å². The molecule has 0 bridgehead atoms. The van der Waals surface area contributed by atoms with Gasteiger partial charge in [0, 0.05) is 13.1 Å². The van der Waals surface area contributed by atoms with Gasteiger partial charge < -0.3 is 11.1 Å². The number of rotatable bonds is 5. The molecule has 3 N–H and O–H groups in total. The maximum absolute atomic E-state index is 5.72. The molecule has 2 aromatic rings. The minimum Gasteiger partial charge on any atom is -0.330 e. The van der Waals surface area contributed by atoms with Gasteiger partial charge in [0.05, 0.1) is 0 Å². The zero-order valence-electron chi connectivity index (χ0n) is 11.2. The van der Waals surface area contributed by atoms with E-state index in [1.165, 1.54) is 16.3 Å². The maximum Gasteiger partial charge on any atom is 0.0205 e. The predicted octanol–water partition coefficient (Wildman–Crippen LogP) is 2.91. The van der Waals surface area contributed by atoms with E-state index in [0.29, 0.717) is 6.54 Å². The second kappa shape index (κ2) is 5.51. The molecule has 0 amide bonds. The van der Waals surface area contributed by atoms with Crippen molar-refractivity contribution in [3.63, 3.8) is 0 Å². The summed E-state index contributed by atoms with van der Waals surface area (Å²) in [5.74, 6) is 0. The summed E-state index contributed by atoms with van der Waals surface area (Å²) in [4.78, 5) is 0. The number of hydrogen-bond acceptors (Lipinski definition) is 2. The van der Waals surface area contributed by atoms with Gasteiger partial charge in [-0.2, -0.15) is 0 Å². The smallest absolute Gasteiger partial charge is 0.0205 e. The lowest BCUT2D eigenvalue weighted by Crippen LogP contribution is -2.35. The number of fused-ring (bicyclic) bond motifs is 1. The fourth-order valence-electron chi connectivity index (χ4n) is 1.97. The third-order valence-electron chi connectivity index (χ3n) is 3.30. The molecule has 0 fully saturated rings. The minimum absolute atomic E-state index is 0.164. The quantitative estimate of drug-likeness (QED) is 0.846. The fourth-order valence-corrected chi connectivity index (χ4v) is 1.97. The lowest BCUT2D eigenvalue weighted by Gasteiger charge is -2.22. The summed E-state index contributed by atoms with van der Waals surface area (Å²) in [5.41, 5.74) is 7.20. The molecule has 0 atom stereocenters. The summed E-state index contributed by atoms with van der Waals surface area (Å²) in [6, 6.07) is 15.1. The molecule has 0 saturated carbocycles. The van der Waals surface area contributed by atoms with Gasteiger partial charge in [-0.1, -0.05) is 50.2 Å². The van der Waals surface area contributed by atoms with E-state index in [1.54, 1.807) is 0 Å². The van der Waals surface area contributed by atoms with E-state index < -0.39 is 0 Å². The van der Waals surface area contributed by atoms with Crippen molar-refractivity contribution in [2.24, 2.45) is 11.1 Å². The van der Waals surface area contributed by atoms with Gasteiger partial charge in [-0.25, -0.2) is 0 Å². The van der Waals surface area contributed by atoms with Gasteiger partial charge in [-0.3, -0.25) is 0 Å². The average molecular weight is 242 g/mol. The SMILES string of the molecule is CC(C)(CN)CNCc1ccc2ccccc2c1. The van der Waals surface area contributed by atoms with Crippen LogP contribution in [0.5, 0.6) is 0 Å². The van der Waals surface area contributed by atoms with Crippen LogP contribution in [0.2, 0.25) is 0 Å². The predicted molar refractivity (Wildman–Crippen MR) is 78.5 cm³/mol. The van der Waals surface area contributed by atoms with Crippen molar-refractivity contribution in [3.8, 4) is 0 Å². The minimum atomic E-state index is 0.164. The third-order valence-corrected chi connectivity index (χ3v) is 3.30. The molecule has 96 valence electrons. The molecule has 0 spiro atoms. The molecule has 0 saturated heterocycles. The Hall–Kier alpha value is -1.38. The van der Waals surface area contributed by atoms with Crippen molar-refractivity contribution in [2.75, 3.05) is 13.1 Å². The molecule has 18 heavy (non-hydrogen) atoms. The second-order valence-corrected chi connectivity index (χ2v) is 5.65. The first-order valence-corrected chi connectivity index (χ1v) is 6.49. The summed E-state index contributed by atoms with van der Waals surface area (Å²) in [6.07, 6.45) is 0. The van der Waals surface area contributed by atoms with E-state index >= 15 is 0 Å². The summed E-state index contributed by atoms with van der Waals surface area (Å²) in [6.45, 7) is 6.91. The van der Waals surface area contributed by atoms with Crippen molar-refractivity contribution >= 4 is 10.8 Å². The van der Waals surface area contributed by atoms with Crippen molar-refractivity contribution in [1.82, 2.24) is 5.32 Å². The van der Waals surface area contributed by atoms with Gasteiger partial charge in [0.2, 0.25) is 0 Å². The molecule has 0 aliphatic rings. The molecular weight excluding hydrogens is 220 g/mol. The van der Waals surface area contributed by atoms with Gasteiger partial charge in [0.15, 0.2) is 0 Å². The van der Waals surface area contributed by atoms with Crippen LogP contribution in [0.1, 0.15) is 19.4 Å². The summed E-state index contributed by atoms with van der Waals surface area (Å²) in [7, 11) is 0. The summed E-state index contributed by atoms with van der Waals surface area (Å²) in [5, 5.41) is 6.07. The van der Waals surface area contributed by atoms with Crippen molar-refractivity contribution in [2.45, 2.75) is 20.4 Å². The molecule has 2 aromatic carbocycles. The molecule has 2 heteroatoms. The largest absolute Gasteiger partial charge is 0.330 e. The summed E-state index contributed by atoms with van der Waals surface area (Å²) < 4.78 is 0. The van der Waals surface area contributed by atoms with Crippen LogP contribution >= 0.6 is 0 Å². The molecule has 0 heterocycles. The van der Waals surface area contributed by atoms with E-state index in [-0.39, 0.29) is 5.41 Å². The molecule has 0 unspecified atom stereocenters. The molecule has 0 radical (unpaired) electrons. The van der Waals surface area contributed by atoms with Gasteiger partial charge in [0.25, 0.3) is 0 Å². The van der Waals surface area contributed by atoms with Crippen LogP contribution in [0.15, 0.2) is 42.5 Å². The highest BCUT2D eigenvalue weighted by molar-refractivity contribution is 5.82. The van der Waals surface area contributed by atoms with Crippen molar-refractivity contribution in [3.05, 3.63) is 48.0 Å². The normalized spacial score (nSPS) is 11.9. The second-order valence-electron chi connectivity index (χ2n) is 5.65. The lowest BCUT2D eigenvalue weighted by atomic mass is 9.94. The summed E-state index contributed by atoms with van der Waals surface area (Å²) >= 11 is 0. The molecule has 0 aliphatic carbocycles. The van der Waals surface area contributed by atoms with Crippen LogP contribution in [0, 0.1) is 5.41 Å². The monoisotopic (exact) mass is 242 g/mol. The van der Waals surface area contributed by atoms with Gasteiger partial charge >= 0.3 is 0 Å². The highest BCUT2D eigenvalue weighted by Crippen LogP contribution is 2.16. The average Bonchev–Trinajstić information content (AvgIpc) is 2.38. The standard InChI is InChI=1S/C16H22N2/c1-16(2,11-17)12-18-10-13-7-8-14-5-3-4-6-15(14)9-13/h3-9,18H,10-12,17H2,1-2H3. The van der Waals surface area contributed by atoms with E-state index in [2.05, 4.69) is 61.6 Å². The Balaban J connectivity index is 2.00. The zero-order chi connectivity index (χ0) is 13.0. The lowest BCUT2D eigenvalue weighted by molar-refractivity contribution is 0.351. The first kappa shape index (κ1) is 13.1. The van der Waals surface area contributed by atoms with Crippen LogP contribution in [0.3, 0.4) is 0 Å². The Kier molecular flexibility index (Phi) is 4.00. The Bertz CT molecular complexity index is 517. The van der Waals surface area contributed by atoms with E-state index in [4.69, 9.17) is 5.73 Å². The highest BCUT2D eigenvalue weighted by Gasteiger charge is 2.14. The molecule has 0 aromatic heterocycles. The van der Waals surface area contributed by atoms with E-state index in [1.807, 2.05) is 0 Å². The molecule has 0 aliphatic heterocycles. The van der Waals surface area contributed by atoms with Gasteiger partial charge in [0.1, 0.15) is 0 Å². The third kappa shape index (κ3) is 3.31. The van der Waals surface area contributed by atoms with Crippen LogP contribution in [0.25, 0.3) is 10.8 Å². The number of nitrogens with two attached hydrogens (primary N) is 1. The Morgan fingerprint density at radius 3 is 2.50 bits per heavy atom. The van der Waals surface area contributed by atoms with E-state index in [0.717, 1.165) is 13.1 Å². The van der Waals surface area contributed by atoms with Gasteiger partial charge in [-0.05, 0) is 34.4 Å². The Morgan fingerprint density at radius 1 is 1.06 bits per heavy atom. The first-order chi connectivity index (χ1) is 8.61. The number of nitrogens with one attached hydrogen (secondary N) is 1. The molecule has 2 nitrogen and oxygen atoms in total. The van der Waals surface area contributed by atoms with Crippen molar-refractivity contribution < 1.29 is 0 Å². The van der Waals surface area contributed by atoms with Crippen LogP contribution in [0.4, 0.5) is 0 Å². The van der Waals surface area contributed by atoms with Crippen LogP contribution < -0.4 is 11.1 Å². The Morgan fingerprint density at radius 2 is 1.78 bits per heavy atom. The van der Waals surface area contributed by atoms with Crippen LogP contribution in [-0.2, 0) is 6.54 Å².